The van der Waals surface area contributed by atoms with Crippen LogP contribution in [0.1, 0.15) is 12.5 Å². The smallest absolute Gasteiger partial charge is 0.333 e. The molecule has 80 valence electrons. The highest BCUT2D eigenvalue weighted by Crippen LogP contribution is 2.15. The van der Waals surface area contributed by atoms with Crippen molar-refractivity contribution in [1.82, 2.24) is 0 Å². The van der Waals surface area contributed by atoms with Crippen LogP contribution in [0.25, 0.3) is 0 Å². The van der Waals surface area contributed by atoms with Gasteiger partial charge in [0.1, 0.15) is 0 Å². The Kier molecular flexibility index (Phi) is 4.98. The molecule has 0 saturated heterocycles. The molecule has 15 heavy (non-hydrogen) atoms. The molecular formula is C12H14O2S. The molecule has 0 aliphatic heterocycles. The van der Waals surface area contributed by atoms with Crippen molar-refractivity contribution in [3.63, 3.8) is 0 Å². The second-order valence-corrected chi connectivity index (χ2v) is 3.95. The normalized spacial score (nSPS) is 11.2. The van der Waals surface area contributed by atoms with Gasteiger partial charge in [-0.2, -0.15) is 0 Å². The summed E-state index contributed by atoms with van der Waals surface area (Å²) in [6, 6.07) is 10.1. The fourth-order valence-corrected chi connectivity index (χ4v) is 1.86. The number of methoxy groups -OCH3 is 1. The minimum atomic E-state index is -0.268. The van der Waals surface area contributed by atoms with Crippen LogP contribution in [0.15, 0.2) is 41.3 Å². The molecule has 1 rings (SSSR count). The fraction of sp³-hybridized carbons (Fsp3) is 0.250. The summed E-state index contributed by atoms with van der Waals surface area (Å²) in [5.74, 6) is 0.602. The maximum absolute atomic E-state index is 11.1. The Morgan fingerprint density at radius 1 is 1.40 bits per heavy atom. The third-order valence-electron chi connectivity index (χ3n) is 1.86. The lowest BCUT2D eigenvalue weighted by atomic mass is 10.2. The van der Waals surface area contributed by atoms with Crippen molar-refractivity contribution in [3.05, 3.63) is 46.9 Å². The van der Waals surface area contributed by atoms with E-state index in [1.165, 1.54) is 12.7 Å². The summed E-state index contributed by atoms with van der Waals surface area (Å²) in [5, 5.41) is 1.83. The number of ether oxygens (including phenoxy) is 1. The lowest BCUT2D eigenvalue weighted by Crippen LogP contribution is -2.00. The monoisotopic (exact) mass is 222 g/mol. The number of esters is 1. The van der Waals surface area contributed by atoms with Gasteiger partial charge in [0.2, 0.25) is 0 Å². The zero-order valence-electron chi connectivity index (χ0n) is 8.90. The number of rotatable bonds is 4. The quantitative estimate of drug-likeness (QED) is 0.578. The van der Waals surface area contributed by atoms with E-state index in [2.05, 4.69) is 16.9 Å². The van der Waals surface area contributed by atoms with Crippen LogP contribution in [0.2, 0.25) is 0 Å². The minimum absolute atomic E-state index is 0.268. The Morgan fingerprint density at radius 2 is 2.07 bits per heavy atom. The van der Waals surface area contributed by atoms with Crippen molar-refractivity contribution < 1.29 is 9.53 Å². The van der Waals surface area contributed by atoms with E-state index in [1.807, 2.05) is 23.6 Å². The van der Waals surface area contributed by atoms with Gasteiger partial charge in [0.25, 0.3) is 0 Å². The van der Waals surface area contributed by atoms with Gasteiger partial charge in [0.15, 0.2) is 0 Å². The molecule has 0 heterocycles. The van der Waals surface area contributed by atoms with E-state index in [0.717, 1.165) is 5.75 Å². The van der Waals surface area contributed by atoms with Crippen LogP contribution in [0.5, 0.6) is 0 Å². The van der Waals surface area contributed by atoms with E-state index in [4.69, 9.17) is 0 Å². The average Bonchev–Trinajstić information content (AvgIpc) is 2.29. The average molecular weight is 222 g/mol. The molecule has 2 nitrogen and oxygen atoms in total. The highest BCUT2D eigenvalue weighted by molar-refractivity contribution is 8.01. The van der Waals surface area contributed by atoms with Gasteiger partial charge in [-0.05, 0) is 17.9 Å². The third-order valence-corrected chi connectivity index (χ3v) is 2.88. The van der Waals surface area contributed by atoms with Crippen LogP contribution in [0.4, 0.5) is 0 Å². The van der Waals surface area contributed by atoms with Crippen molar-refractivity contribution >= 4 is 17.7 Å². The van der Waals surface area contributed by atoms with Gasteiger partial charge < -0.3 is 4.74 Å². The van der Waals surface area contributed by atoms with Crippen molar-refractivity contribution in [2.75, 3.05) is 7.11 Å². The SMILES string of the molecule is COC(=O)/C(C)=C/SCc1ccccc1. The van der Waals surface area contributed by atoms with Crippen molar-refractivity contribution in [2.45, 2.75) is 12.7 Å². The van der Waals surface area contributed by atoms with E-state index in [0.29, 0.717) is 5.57 Å². The predicted octanol–water partition coefficient (Wildman–Crippen LogP) is 3.00. The molecule has 0 fully saturated rings. The maximum atomic E-state index is 11.1. The van der Waals surface area contributed by atoms with E-state index < -0.39 is 0 Å². The van der Waals surface area contributed by atoms with Gasteiger partial charge in [-0.3, -0.25) is 0 Å². The van der Waals surface area contributed by atoms with Crippen molar-refractivity contribution in [2.24, 2.45) is 0 Å². The number of thioether (sulfide) groups is 1. The van der Waals surface area contributed by atoms with Crippen LogP contribution >= 0.6 is 11.8 Å². The molecule has 0 spiro atoms. The van der Waals surface area contributed by atoms with Crippen LogP contribution in [0, 0.1) is 0 Å². The lowest BCUT2D eigenvalue weighted by Gasteiger charge is -1.99. The number of benzene rings is 1. The number of hydrogen-bond acceptors (Lipinski definition) is 3. The zero-order chi connectivity index (χ0) is 11.1. The predicted molar refractivity (Wildman–Crippen MR) is 63.5 cm³/mol. The Balaban J connectivity index is 2.42. The van der Waals surface area contributed by atoms with Crippen LogP contribution in [-0.4, -0.2) is 13.1 Å². The molecule has 1 aromatic rings. The van der Waals surface area contributed by atoms with Crippen molar-refractivity contribution in [3.8, 4) is 0 Å². The standard InChI is InChI=1S/C12H14O2S/c1-10(12(13)14-2)8-15-9-11-6-4-3-5-7-11/h3-8H,9H2,1-2H3/b10-8+. The molecule has 0 bridgehead atoms. The Labute approximate surface area is 94.3 Å². The first-order valence-corrected chi connectivity index (χ1v) is 5.69. The summed E-state index contributed by atoms with van der Waals surface area (Å²) >= 11 is 1.60. The molecule has 0 N–H and O–H groups in total. The Morgan fingerprint density at radius 3 is 2.67 bits per heavy atom. The highest BCUT2D eigenvalue weighted by atomic mass is 32.2. The molecule has 0 aromatic heterocycles. The van der Waals surface area contributed by atoms with Gasteiger partial charge in [-0.15, -0.1) is 11.8 Å². The first-order chi connectivity index (χ1) is 7.24. The molecular weight excluding hydrogens is 208 g/mol. The van der Waals surface area contributed by atoms with Crippen LogP contribution in [0.3, 0.4) is 0 Å². The van der Waals surface area contributed by atoms with E-state index in [9.17, 15) is 4.79 Å². The summed E-state index contributed by atoms with van der Waals surface area (Å²) in [6.45, 7) is 1.75. The molecule has 3 heteroatoms. The fourth-order valence-electron chi connectivity index (χ4n) is 1.05. The Bertz CT molecular complexity index is 344. The van der Waals surface area contributed by atoms with Gasteiger partial charge in [-0.1, -0.05) is 30.3 Å². The second-order valence-electron chi connectivity index (χ2n) is 3.09. The number of carbonyl (C=O) groups excluding carboxylic acids is 1. The first-order valence-electron chi connectivity index (χ1n) is 4.64. The number of carbonyl (C=O) groups is 1. The molecule has 0 amide bonds. The topological polar surface area (TPSA) is 26.3 Å². The molecule has 0 unspecified atom stereocenters. The number of hydrogen-bond donors (Lipinski definition) is 0. The van der Waals surface area contributed by atoms with Crippen LogP contribution in [-0.2, 0) is 15.3 Å². The molecule has 0 aliphatic rings. The summed E-state index contributed by atoms with van der Waals surface area (Å²) < 4.78 is 4.59. The highest BCUT2D eigenvalue weighted by Gasteiger charge is 2.01. The lowest BCUT2D eigenvalue weighted by molar-refractivity contribution is -0.136. The van der Waals surface area contributed by atoms with Gasteiger partial charge in [0.05, 0.1) is 7.11 Å². The van der Waals surface area contributed by atoms with Gasteiger partial charge >= 0.3 is 5.97 Å². The maximum Gasteiger partial charge on any atom is 0.333 e. The second kappa shape index (κ2) is 6.30. The summed E-state index contributed by atoms with van der Waals surface area (Å²) in [6.07, 6.45) is 0. The van der Waals surface area contributed by atoms with E-state index >= 15 is 0 Å². The van der Waals surface area contributed by atoms with Crippen molar-refractivity contribution in [1.29, 1.82) is 0 Å². The van der Waals surface area contributed by atoms with E-state index in [-0.39, 0.29) is 5.97 Å². The van der Waals surface area contributed by atoms with Crippen LogP contribution < -0.4 is 0 Å². The third kappa shape index (κ3) is 4.21. The first kappa shape index (κ1) is 11.9. The van der Waals surface area contributed by atoms with Gasteiger partial charge in [-0.25, -0.2) is 4.79 Å². The minimum Gasteiger partial charge on any atom is -0.466 e. The zero-order valence-corrected chi connectivity index (χ0v) is 9.71. The molecule has 1 aromatic carbocycles. The van der Waals surface area contributed by atoms with Gasteiger partial charge in [0, 0.05) is 11.3 Å². The molecule has 0 atom stereocenters. The Hall–Kier alpha value is -1.22. The summed E-state index contributed by atoms with van der Waals surface area (Å²) in [5.41, 5.74) is 1.88. The molecule has 0 aliphatic carbocycles. The van der Waals surface area contributed by atoms with E-state index in [1.54, 1.807) is 18.7 Å². The molecule has 0 radical (unpaired) electrons. The summed E-state index contributed by atoms with van der Waals surface area (Å²) in [4.78, 5) is 11.1. The summed E-state index contributed by atoms with van der Waals surface area (Å²) in [7, 11) is 1.39. The largest absolute Gasteiger partial charge is 0.466 e. The molecule has 0 saturated carbocycles.